The SMILES string of the molecule is CC(C)C1(C)CC(=O)N(c2c(CN)cnn2C)C1=O. The van der Waals surface area contributed by atoms with E-state index in [1.807, 2.05) is 20.8 Å². The van der Waals surface area contributed by atoms with Gasteiger partial charge in [0.25, 0.3) is 0 Å². The molecule has 2 heterocycles. The molecule has 6 heteroatoms. The minimum atomic E-state index is -0.646. The van der Waals surface area contributed by atoms with Crippen molar-refractivity contribution < 1.29 is 9.59 Å². The summed E-state index contributed by atoms with van der Waals surface area (Å²) in [6, 6.07) is 0. The van der Waals surface area contributed by atoms with E-state index < -0.39 is 5.41 Å². The Labute approximate surface area is 112 Å². The second-order valence-corrected chi connectivity index (χ2v) is 5.60. The number of carbonyl (C=O) groups is 2. The molecule has 104 valence electrons. The minimum absolute atomic E-state index is 0.100. The highest BCUT2D eigenvalue weighted by Crippen LogP contribution is 2.41. The third-order valence-electron chi connectivity index (χ3n) is 4.15. The van der Waals surface area contributed by atoms with Crippen molar-refractivity contribution in [1.82, 2.24) is 9.78 Å². The van der Waals surface area contributed by atoms with Crippen LogP contribution in [0.25, 0.3) is 0 Å². The van der Waals surface area contributed by atoms with Crippen LogP contribution in [0.1, 0.15) is 32.8 Å². The number of nitrogens with two attached hydrogens (primary N) is 1. The van der Waals surface area contributed by atoms with Crippen molar-refractivity contribution in [3.8, 4) is 0 Å². The maximum atomic E-state index is 12.6. The number of rotatable bonds is 3. The van der Waals surface area contributed by atoms with Crippen LogP contribution in [0.3, 0.4) is 0 Å². The first kappa shape index (κ1) is 13.7. The van der Waals surface area contributed by atoms with Gasteiger partial charge in [0.1, 0.15) is 5.82 Å². The molecule has 2 amide bonds. The number of aromatic nitrogens is 2. The van der Waals surface area contributed by atoms with E-state index in [9.17, 15) is 9.59 Å². The van der Waals surface area contributed by atoms with Crippen LogP contribution in [0, 0.1) is 11.3 Å². The lowest BCUT2D eigenvalue weighted by molar-refractivity contribution is -0.126. The fourth-order valence-electron chi connectivity index (χ4n) is 2.41. The molecular formula is C13H20N4O2. The van der Waals surface area contributed by atoms with E-state index in [2.05, 4.69) is 5.10 Å². The van der Waals surface area contributed by atoms with Crippen LogP contribution in [0.15, 0.2) is 6.20 Å². The van der Waals surface area contributed by atoms with Crippen molar-refractivity contribution in [3.05, 3.63) is 11.8 Å². The highest BCUT2D eigenvalue weighted by Gasteiger charge is 2.51. The van der Waals surface area contributed by atoms with Crippen molar-refractivity contribution in [2.75, 3.05) is 4.90 Å². The molecule has 0 aromatic carbocycles. The molecule has 1 saturated heterocycles. The van der Waals surface area contributed by atoms with Crippen molar-refractivity contribution in [2.45, 2.75) is 33.7 Å². The van der Waals surface area contributed by atoms with E-state index >= 15 is 0 Å². The van der Waals surface area contributed by atoms with Crippen molar-refractivity contribution in [2.24, 2.45) is 24.1 Å². The lowest BCUT2D eigenvalue weighted by atomic mass is 9.78. The minimum Gasteiger partial charge on any atom is -0.326 e. The highest BCUT2D eigenvalue weighted by atomic mass is 16.2. The fraction of sp³-hybridized carbons (Fsp3) is 0.615. The number of anilines is 1. The maximum absolute atomic E-state index is 12.6. The summed E-state index contributed by atoms with van der Waals surface area (Å²) in [7, 11) is 1.71. The molecule has 2 N–H and O–H groups in total. The van der Waals surface area contributed by atoms with Gasteiger partial charge < -0.3 is 5.73 Å². The van der Waals surface area contributed by atoms with Gasteiger partial charge in [-0.25, -0.2) is 4.90 Å². The standard InChI is InChI=1S/C13H20N4O2/c1-8(2)13(3)5-10(18)17(12(13)19)11-9(6-14)7-15-16(11)4/h7-8H,5-6,14H2,1-4H3. The van der Waals surface area contributed by atoms with E-state index in [0.29, 0.717) is 11.4 Å². The number of amides is 2. The Balaban J connectivity index is 2.49. The summed E-state index contributed by atoms with van der Waals surface area (Å²) in [5.74, 6) is 0.260. The zero-order chi connectivity index (χ0) is 14.4. The van der Waals surface area contributed by atoms with E-state index in [-0.39, 0.29) is 30.7 Å². The molecule has 1 fully saturated rings. The average Bonchev–Trinajstić information content (AvgIpc) is 2.80. The van der Waals surface area contributed by atoms with Gasteiger partial charge in [-0.3, -0.25) is 14.3 Å². The van der Waals surface area contributed by atoms with Crippen LogP contribution in [0.4, 0.5) is 5.82 Å². The Hall–Kier alpha value is -1.69. The molecule has 6 nitrogen and oxygen atoms in total. The largest absolute Gasteiger partial charge is 0.326 e. The molecule has 19 heavy (non-hydrogen) atoms. The molecule has 0 spiro atoms. The summed E-state index contributed by atoms with van der Waals surface area (Å²) in [5.41, 5.74) is 5.71. The van der Waals surface area contributed by atoms with Crippen molar-refractivity contribution in [1.29, 1.82) is 0 Å². The summed E-state index contributed by atoms with van der Waals surface area (Å²) < 4.78 is 1.53. The number of hydrogen-bond acceptors (Lipinski definition) is 4. The van der Waals surface area contributed by atoms with E-state index in [1.54, 1.807) is 13.2 Å². The lowest BCUT2D eigenvalue weighted by Crippen LogP contribution is -2.38. The van der Waals surface area contributed by atoms with Crippen LogP contribution in [0.5, 0.6) is 0 Å². The highest BCUT2D eigenvalue weighted by molar-refractivity contribution is 6.22. The molecule has 0 aliphatic carbocycles. The maximum Gasteiger partial charge on any atom is 0.241 e. The summed E-state index contributed by atoms with van der Waals surface area (Å²) >= 11 is 0. The van der Waals surface area contributed by atoms with E-state index in [1.165, 1.54) is 9.58 Å². The van der Waals surface area contributed by atoms with Gasteiger partial charge in [0.15, 0.2) is 0 Å². The molecule has 0 radical (unpaired) electrons. The number of hydrogen-bond donors (Lipinski definition) is 1. The average molecular weight is 264 g/mol. The van der Waals surface area contributed by atoms with Gasteiger partial charge >= 0.3 is 0 Å². The predicted molar refractivity (Wildman–Crippen MR) is 71.2 cm³/mol. The summed E-state index contributed by atoms with van der Waals surface area (Å²) in [4.78, 5) is 26.1. The second kappa shape index (κ2) is 4.45. The first-order valence-electron chi connectivity index (χ1n) is 6.41. The lowest BCUT2D eigenvalue weighted by Gasteiger charge is -2.26. The van der Waals surface area contributed by atoms with Gasteiger partial charge in [-0.2, -0.15) is 5.10 Å². The molecule has 1 aliphatic heterocycles. The quantitative estimate of drug-likeness (QED) is 0.819. The van der Waals surface area contributed by atoms with Gasteiger partial charge in [-0.15, -0.1) is 0 Å². The summed E-state index contributed by atoms with van der Waals surface area (Å²) in [6.07, 6.45) is 1.83. The molecule has 1 atom stereocenters. The molecule has 1 unspecified atom stereocenters. The van der Waals surface area contributed by atoms with Gasteiger partial charge in [-0.05, 0) is 12.8 Å². The van der Waals surface area contributed by atoms with Gasteiger partial charge in [0.2, 0.25) is 11.8 Å². The Bertz CT molecular complexity index is 535. The van der Waals surface area contributed by atoms with Gasteiger partial charge in [0.05, 0.1) is 11.6 Å². The predicted octanol–water partition coefficient (Wildman–Crippen LogP) is 0.804. The number of nitrogens with zero attached hydrogens (tertiary/aromatic N) is 3. The van der Waals surface area contributed by atoms with Crippen LogP contribution in [-0.4, -0.2) is 21.6 Å². The third-order valence-corrected chi connectivity index (χ3v) is 4.15. The Morgan fingerprint density at radius 1 is 1.47 bits per heavy atom. The van der Waals surface area contributed by atoms with Gasteiger partial charge in [0, 0.05) is 25.6 Å². The summed E-state index contributed by atoms with van der Waals surface area (Å²) in [6.45, 7) is 6.01. The topological polar surface area (TPSA) is 81.2 Å². The molecule has 1 aromatic rings. The molecule has 0 saturated carbocycles. The zero-order valence-electron chi connectivity index (χ0n) is 11.8. The normalized spacial score (nSPS) is 23.8. The van der Waals surface area contributed by atoms with Crippen LogP contribution >= 0.6 is 0 Å². The number of imide groups is 1. The van der Waals surface area contributed by atoms with E-state index in [0.717, 1.165) is 0 Å². The summed E-state index contributed by atoms with van der Waals surface area (Å²) in [5, 5.41) is 4.08. The first-order chi connectivity index (χ1) is 8.82. The molecule has 0 bridgehead atoms. The molecule has 1 aromatic heterocycles. The van der Waals surface area contributed by atoms with Crippen LogP contribution < -0.4 is 10.6 Å². The van der Waals surface area contributed by atoms with E-state index in [4.69, 9.17) is 5.73 Å². The Morgan fingerprint density at radius 2 is 2.11 bits per heavy atom. The molecule has 1 aliphatic rings. The fourth-order valence-corrected chi connectivity index (χ4v) is 2.41. The van der Waals surface area contributed by atoms with Gasteiger partial charge in [-0.1, -0.05) is 13.8 Å². The smallest absolute Gasteiger partial charge is 0.241 e. The van der Waals surface area contributed by atoms with Crippen LogP contribution in [0.2, 0.25) is 0 Å². The first-order valence-corrected chi connectivity index (χ1v) is 6.41. The monoisotopic (exact) mass is 264 g/mol. The Kier molecular flexibility index (Phi) is 3.22. The molecule has 2 rings (SSSR count). The zero-order valence-corrected chi connectivity index (χ0v) is 11.8. The second-order valence-electron chi connectivity index (χ2n) is 5.60. The molecular weight excluding hydrogens is 244 g/mol. The third kappa shape index (κ3) is 1.87. The van der Waals surface area contributed by atoms with Crippen molar-refractivity contribution >= 4 is 17.6 Å². The van der Waals surface area contributed by atoms with Crippen molar-refractivity contribution in [3.63, 3.8) is 0 Å². The Morgan fingerprint density at radius 3 is 2.58 bits per heavy atom. The number of aryl methyl sites for hydroxylation is 1. The van der Waals surface area contributed by atoms with Crippen LogP contribution in [-0.2, 0) is 23.2 Å². The number of carbonyl (C=O) groups excluding carboxylic acids is 2.